The lowest BCUT2D eigenvalue weighted by Crippen LogP contribution is -2.19. The maximum atomic E-state index is 12.9. The summed E-state index contributed by atoms with van der Waals surface area (Å²) in [6.07, 6.45) is 1.54. The maximum absolute atomic E-state index is 12.9. The molecule has 1 amide bonds. The third kappa shape index (κ3) is 6.80. The van der Waals surface area contributed by atoms with E-state index < -0.39 is 0 Å². The number of carbonyl (C=O) groups excluding carboxylic acids is 1. The highest BCUT2D eigenvalue weighted by Gasteiger charge is 2.12. The van der Waals surface area contributed by atoms with Gasteiger partial charge in [0.15, 0.2) is 11.5 Å². The molecule has 0 aliphatic rings. The third-order valence-electron chi connectivity index (χ3n) is 4.23. The van der Waals surface area contributed by atoms with E-state index in [-0.39, 0.29) is 18.1 Å². The fraction of sp³-hybridized carbons (Fsp3) is 0.130. The molecule has 0 spiro atoms. The second kappa shape index (κ2) is 10.9. The molecule has 160 valence electrons. The highest BCUT2D eigenvalue weighted by atomic mass is 79.9. The zero-order valence-corrected chi connectivity index (χ0v) is 18.9. The second-order valence-corrected chi connectivity index (χ2v) is 7.87. The molecule has 0 saturated heterocycles. The van der Waals surface area contributed by atoms with Crippen molar-refractivity contribution in [1.82, 2.24) is 5.43 Å². The molecular formula is C23H19BrClFN2O3. The number of ether oxygens (including phenoxy) is 2. The van der Waals surface area contributed by atoms with Crippen molar-refractivity contribution in [3.05, 3.63) is 92.7 Å². The van der Waals surface area contributed by atoms with Gasteiger partial charge in [0, 0.05) is 4.47 Å². The molecule has 3 aromatic rings. The van der Waals surface area contributed by atoms with Gasteiger partial charge in [-0.2, -0.15) is 5.10 Å². The Kier molecular flexibility index (Phi) is 8.03. The molecule has 0 aliphatic heterocycles. The lowest BCUT2D eigenvalue weighted by Gasteiger charge is -2.13. The molecule has 0 unspecified atom stereocenters. The predicted octanol–water partition coefficient (Wildman–Crippen LogP) is 5.52. The van der Waals surface area contributed by atoms with Crippen molar-refractivity contribution < 1.29 is 18.7 Å². The minimum Gasteiger partial charge on any atom is -0.493 e. The van der Waals surface area contributed by atoms with Crippen LogP contribution in [0.2, 0.25) is 5.02 Å². The van der Waals surface area contributed by atoms with Crippen LogP contribution in [0.15, 0.2) is 70.2 Å². The van der Waals surface area contributed by atoms with E-state index >= 15 is 0 Å². The van der Waals surface area contributed by atoms with Crippen molar-refractivity contribution in [1.29, 1.82) is 0 Å². The Balaban J connectivity index is 1.62. The molecule has 0 fully saturated rings. The van der Waals surface area contributed by atoms with Crippen LogP contribution in [0.25, 0.3) is 0 Å². The molecule has 0 heterocycles. The van der Waals surface area contributed by atoms with Gasteiger partial charge in [-0.15, -0.1) is 0 Å². The molecule has 1 N–H and O–H groups in total. The summed E-state index contributed by atoms with van der Waals surface area (Å²) in [6, 6.07) is 16.8. The van der Waals surface area contributed by atoms with Crippen molar-refractivity contribution in [2.75, 3.05) is 7.11 Å². The van der Waals surface area contributed by atoms with E-state index in [4.69, 9.17) is 21.1 Å². The smallest absolute Gasteiger partial charge is 0.244 e. The van der Waals surface area contributed by atoms with Crippen molar-refractivity contribution in [2.45, 2.75) is 13.0 Å². The first-order valence-electron chi connectivity index (χ1n) is 9.25. The van der Waals surface area contributed by atoms with Gasteiger partial charge in [-0.25, -0.2) is 9.82 Å². The minimum atomic E-state index is -0.350. The molecule has 0 aromatic heterocycles. The van der Waals surface area contributed by atoms with Crippen LogP contribution in [0.5, 0.6) is 11.5 Å². The van der Waals surface area contributed by atoms with Crippen molar-refractivity contribution in [3.63, 3.8) is 0 Å². The van der Waals surface area contributed by atoms with Gasteiger partial charge in [0.25, 0.3) is 0 Å². The fourth-order valence-corrected chi connectivity index (χ4v) is 3.23. The van der Waals surface area contributed by atoms with Gasteiger partial charge in [-0.1, -0.05) is 51.8 Å². The molecule has 3 rings (SSSR count). The number of hydrazone groups is 1. The maximum Gasteiger partial charge on any atom is 0.244 e. The van der Waals surface area contributed by atoms with Crippen molar-refractivity contribution >= 4 is 39.7 Å². The first kappa shape index (κ1) is 22.8. The predicted molar refractivity (Wildman–Crippen MR) is 122 cm³/mol. The zero-order chi connectivity index (χ0) is 22.2. The lowest BCUT2D eigenvalue weighted by atomic mass is 10.1. The molecule has 31 heavy (non-hydrogen) atoms. The van der Waals surface area contributed by atoms with Gasteiger partial charge in [0.1, 0.15) is 12.4 Å². The number of nitrogens with zero attached hydrogens (tertiary/aromatic N) is 1. The van der Waals surface area contributed by atoms with Crippen LogP contribution in [0, 0.1) is 5.82 Å². The number of carbonyl (C=O) groups is 1. The Labute approximate surface area is 193 Å². The Bertz CT molecular complexity index is 1070. The number of halogens is 3. The topological polar surface area (TPSA) is 59.9 Å². The van der Waals surface area contributed by atoms with E-state index in [2.05, 4.69) is 26.5 Å². The summed E-state index contributed by atoms with van der Waals surface area (Å²) in [4.78, 5) is 12.0. The van der Waals surface area contributed by atoms with E-state index in [1.807, 2.05) is 24.3 Å². The average molecular weight is 506 g/mol. The first-order valence-corrected chi connectivity index (χ1v) is 10.4. The largest absolute Gasteiger partial charge is 0.493 e. The van der Waals surface area contributed by atoms with Crippen LogP contribution >= 0.6 is 27.5 Å². The monoisotopic (exact) mass is 504 g/mol. The van der Waals surface area contributed by atoms with E-state index in [1.165, 1.54) is 25.5 Å². The molecule has 3 aromatic carbocycles. The molecular weight excluding hydrogens is 487 g/mol. The number of amides is 1. The number of hydrogen-bond acceptors (Lipinski definition) is 4. The number of nitrogens with one attached hydrogen (secondary N) is 1. The van der Waals surface area contributed by atoms with Crippen LogP contribution in [0.3, 0.4) is 0 Å². The number of hydrogen-bond donors (Lipinski definition) is 1. The third-order valence-corrected chi connectivity index (χ3v) is 5.04. The van der Waals surface area contributed by atoms with Gasteiger partial charge in [0.2, 0.25) is 5.91 Å². The summed E-state index contributed by atoms with van der Waals surface area (Å²) in [5.41, 5.74) is 4.73. The SMILES string of the molecule is COc1cc(/C=N/NC(=O)Cc2ccc(F)cc2)cc(Cl)c1OCc1ccc(Br)cc1. The zero-order valence-electron chi connectivity index (χ0n) is 16.6. The standard InChI is InChI=1S/C23H19BrClFN2O3/c1-30-21-11-17(13-27-28-22(29)12-15-4-8-19(26)9-5-15)10-20(25)23(21)31-14-16-2-6-18(24)7-3-16/h2-11,13H,12,14H2,1H3,(H,28,29)/b27-13+. The molecule has 0 bridgehead atoms. The van der Waals surface area contributed by atoms with Crippen LogP contribution in [0.1, 0.15) is 16.7 Å². The number of methoxy groups -OCH3 is 1. The minimum absolute atomic E-state index is 0.0878. The van der Waals surface area contributed by atoms with E-state index in [1.54, 1.807) is 24.3 Å². The molecule has 0 radical (unpaired) electrons. The van der Waals surface area contributed by atoms with Gasteiger partial charge in [0.05, 0.1) is 24.8 Å². The summed E-state index contributed by atoms with van der Waals surface area (Å²) in [7, 11) is 1.52. The number of benzene rings is 3. The highest BCUT2D eigenvalue weighted by molar-refractivity contribution is 9.10. The summed E-state index contributed by atoms with van der Waals surface area (Å²) in [5, 5.41) is 4.30. The quantitative estimate of drug-likeness (QED) is 0.324. The first-order chi connectivity index (χ1) is 14.9. The number of rotatable bonds is 8. The van der Waals surface area contributed by atoms with Gasteiger partial charge in [-0.05, 0) is 53.1 Å². The Morgan fingerprint density at radius 3 is 2.48 bits per heavy atom. The molecule has 8 heteroatoms. The Morgan fingerprint density at radius 2 is 1.81 bits per heavy atom. The van der Waals surface area contributed by atoms with Gasteiger partial charge in [-0.3, -0.25) is 4.79 Å². The molecule has 5 nitrogen and oxygen atoms in total. The highest BCUT2D eigenvalue weighted by Crippen LogP contribution is 2.36. The van der Waals surface area contributed by atoms with Crippen LogP contribution in [-0.2, 0) is 17.8 Å². The fourth-order valence-electron chi connectivity index (χ4n) is 2.70. The van der Waals surface area contributed by atoms with E-state index in [0.29, 0.717) is 34.3 Å². The van der Waals surface area contributed by atoms with E-state index in [9.17, 15) is 9.18 Å². The second-order valence-electron chi connectivity index (χ2n) is 6.55. The summed E-state index contributed by atoms with van der Waals surface area (Å²) in [6.45, 7) is 0.330. The Hall–Kier alpha value is -2.90. The lowest BCUT2D eigenvalue weighted by molar-refractivity contribution is -0.120. The van der Waals surface area contributed by atoms with Gasteiger partial charge >= 0.3 is 0 Å². The van der Waals surface area contributed by atoms with Gasteiger partial charge < -0.3 is 9.47 Å². The van der Waals surface area contributed by atoms with Crippen LogP contribution < -0.4 is 14.9 Å². The summed E-state index contributed by atoms with van der Waals surface area (Å²) < 4.78 is 25.2. The van der Waals surface area contributed by atoms with Crippen LogP contribution in [-0.4, -0.2) is 19.2 Å². The average Bonchev–Trinajstić information content (AvgIpc) is 2.75. The Morgan fingerprint density at radius 1 is 1.13 bits per heavy atom. The van der Waals surface area contributed by atoms with Crippen molar-refractivity contribution in [2.24, 2.45) is 5.10 Å². The summed E-state index contributed by atoms with van der Waals surface area (Å²) in [5.74, 6) is 0.195. The van der Waals surface area contributed by atoms with E-state index in [0.717, 1.165) is 10.0 Å². The summed E-state index contributed by atoms with van der Waals surface area (Å²) >= 11 is 9.77. The molecule has 0 saturated carbocycles. The molecule has 0 aliphatic carbocycles. The van der Waals surface area contributed by atoms with Crippen LogP contribution in [0.4, 0.5) is 4.39 Å². The van der Waals surface area contributed by atoms with Crippen molar-refractivity contribution in [3.8, 4) is 11.5 Å². The molecule has 0 atom stereocenters. The normalized spacial score (nSPS) is 10.8.